The molecule has 2 unspecified atom stereocenters. The van der Waals surface area contributed by atoms with Crippen molar-refractivity contribution in [3.05, 3.63) is 12.4 Å². The van der Waals surface area contributed by atoms with Crippen molar-refractivity contribution in [1.29, 1.82) is 0 Å². The molecule has 2 atom stereocenters. The van der Waals surface area contributed by atoms with Gasteiger partial charge in [-0.25, -0.2) is 0 Å². The van der Waals surface area contributed by atoms with Gasteiger partial charge >= 0.3 is 0 Å². The van der Waals surface area contributed by atoms with Crippen molar-refractivity contribution in [1.82, 2.24) is 9.78 Å². The maximum Gasteiger partial charge on any atom is 0.227 e. The van der Waals surface area contributed by atoms with E-state index in [0.29, 0.717) is 19.8 Å². The number of amides is 1. The highest BCUT2D eigenvalue weighted by Crippen LogP contribution is 2.21. The third-order valence-electron chi connectivity index (χ3n) is 3.28. The maximum atomic E-state index is 12.1. The lowest BCUT2D eigenvalue weighted by molar-refractivity contribution is -0.124. The first-order chi connectivity index (χ1) is 9.19. The zero-order valence-electron chi connectivity index (χ0n) is 11.5. The number of nitrogens with zero attached hydrogens (tertiary/aromatic N) is 2. The first-order valence-corrected chi connectivity index (χ1v) is 6.63. The molecule has 6 heteroatoms. The molecule has 1 fully saturated rings. The number of rotatable bonds is 5. The summed E-state index contributed by atoms with van der Waals surface area (Å²) in [6, 6.07) is 0. The quantitative estimate of drug-likeness (QED) is 0.873. The number of ether oxygens (including phenoxy) is 2. The summed E-state index contributed by atoms with van der Waals surface area (Å²) in [4.78, 5) is 12.1. The van der Waals surface area contributed by atoms with Crippen LogP contribution >= 0.6 is 0 Å². The van der Waals surface area contributed by atoms with Gasteiger partial charge in [-0.2, -0.15) is 5.10 Å². The van der Waals surface area contributed by atoms with E-state index in [1.54, 1.807) is 18.0 Å². The Morgan fingerprint density at radius 3 is 3.26 bits per heavy atom. The minimum absolute atomic E-state index is 0.0334. The zero-order chi connectivity index (χ0) is 13.7. The van der Waals surface area contributed by atoms with Gasteiger partial charge < -0.3 is 14.8 Å². The molecule has 1 amide bonds. The van der Waals surface area contributed by atoms with Crippen LogP contribution in [0.1, 0.15) is 19.8 Å². The van der Waals surface area contributed by atoms with Crippen molar-refractivity contribution < 1.29 is 14.3 Å². The number of hydrogen-bond acceptors (Lipinski definition) is 4. The molecule has 0 radical (unpaired) electrons. The summed E-state index contributed by atoms with van der Waals surface area (Å²) in [5.41, 5.74) is 0.736. The Kier molecular flexibility index (Phi) is 4.93. The highest BCUT2D eigenvalue weighted by atomic mass is 16.5. The number of nitrogens with one attached hydrogen (secondary N) is 1. The van der Waals surface area contributed by atoms with Gasteiger partial charge in [0.15, 0.2) is 0 Å². The van der Waals surface area contributed by atoms with Crippen molar-refractivity contribution in [2.45, 2.75) is 32.4 Å². The van der Waals surface area contributed by atoms with Gasteiger partial charge in [0.05, 0.1) is 31.1 Å². The van der Waals surface area contributed by atoms with Crippen LogP contribution in [-0.4, -0.2) is 42.1 Å². The van der Waals surface area contributed by atoms with Crippen LogP contribution in [0.5, 0.6) is 0 Å². The minimum atomic E-state index is 0.0334. The Hall–Kier alpha value is -1.40. The highest BCUT2D eigenvalue weighted by Gasteiger charge is 2.25. The second-order valence-electron chi connectivity index (χ2n) is 4.88. The lowest BCUT2D eigenvalue weighted by Crippen LogP contribution is -2.32. The summed E-state index contributed by atoms with van der Waals surface area (Å²) in [5, 5.41) is 7.07. The normalized spacial score (nSPS) is 23.3. The zero-order valence-corrected chi connectivity index (χ0v) is 11.5. The average molecular weight is 267 g/mol. The van der Waals surface area contributed by atoms with Crippen LogP contribution < -0.4 is 5.32 Å². The minimum Gasteiger partial charge on any atom is -0.383 e. The lowest BCUT2D eigenvalue weighted by Gasteiger charge is -2.26. The lowest BCUT2D eigenvalue weighted by atomic mass is 9.95. The summed E-state index contributed by atoms with van der Waals surface area (Å²) in [6.45, 7) is 3.95. The molecule has 2 rings (SSSR count). The van der Waals surface area contributed by atoms with Gasteiger partial charge in [-0.05, 0) is 19.8 Å². The van der Waals surface area contributed by atoms with E-state index in [-0.39, 0.29) is 17.9 Å². The van der Waals surface area contributed by atoms with Crippen LogP contribution in [0.3, 0.4) is 0 Å². The molecule has 106 valence electrons. The number of aromatic nitrogens is 2. The SMILES string of the molecule is COCCn1cc(NC(=O)C2CCOC(C)C2)cn1. The number of hydrogen-bond donors (Lipinski definition) is 1. The molecule has 1 aliphatic heterocycles. The van der Waals surface area contributed by atoms with E-state index in [1.165, 1.54) is 0 Å². The molecule has 1 aromatic heterocycles. The first kappa shape index (κ1) is 14.0. The molecule has 0 spiro atoms. The topological polar surface area (TPSA) is 65.4 Å². The second-order valence-corrected chi connectivity index (χ2v) is 4.88. The van der Waals surface area contributed by atoms with Crippen LogP contribution in [0, 0.1) is 5.92 Å². The van der Waals surface area contributed by atoms with Gasteiger partial charge in [0.2, 0.25) is 5.91 Å². The fraction of sp³-hybridized carbons (Fsp3) is 0.692. The largest absolute Gasteiger partial charge is 0.383 e. The molecule has 19 heavy (non-hydrogen) atoms. The molecular formula is C13H21N3O3. The van der Waals surface area contributed by atoms with Crippen LogP contribution in [0.15, 0.2) is 12.4 Å². The molecule has 6 nitrogen and oxygen atoms in total. The number of methoxy groups -OCH3 is 1. The van der Waals surface area contributed by atoms with Crippen molar-refractivity contribution in [2.24, 2.45) is 5.92 Å². The number of carbonyl (C=O) groups excluding carboxylic acids is 1. The van der Waals surface area contributed by atoms with Gasteiger partial charge in [0, 0.05) is 25.8 Å². The van der Waals surface area contributed by atoms with E-state index in [1.807, 2.05) is 13.1 Å². The second kappa shape index (κ2) is 6.68. The summed E-state index contributed by atoms with van der Waals surface area (Å²) in [7, 11) is 1.65. The van der Waals surface area contributed by atoms with Crippen LogP contribution in [0.2, 0.25) is 0 Å². The summed E-state index contributed by atoms with van der Waals surface area (Å²) < 4.78 is 12.2. The molecule has 0 saturated carbocycles. The van der Waals surface area contributed by atoms with Gasteiger partial charge in [-0.3, -0.25) is 9.48 Å². The molecule has 0 aliphatic carbocycles. The van der Waals surface area contributed by atoms with Crippen LogP contribution in [0.25, 0.3) is 0 Å². The Morgan fingerprint density at radius 2 is 2.53 bits per heavy atom. The molecular weight excluding hydrogens is 246 g/mol. The van der Waals surface area contributed by atoms with Crippen LogP contribution in [0.4, 0.5) is 5.69 Å². The van der Waals surface area contributed by atoms with Crippen molar-refractivity contribution in [2.75, 3.05) is 25.6 Å². The molecule has 0 bridgehead atoms. The van der Waals surface area contributed by atoms with E-state index in [2.05, 4.69) is 10.4 Å². The fourth-order valence-electron chi connectivity index (χ4n) is 2.22. The molecule has 0 aromatic carbocycles. The summed E-state index contributed by atoms with van der Waals surface area (Å²) in [5.74, 6) is 0.0903. The first-order valence-electron chi connectivity index (χ1n) is 6.63. The van der Waals surface area contributed by atoms with Crippen LogP contribution in [-0.2, 0) is 20.8 Å². The third kappa shape index (κ3) is 4.04. The Morgan fingerprint density at radius 1 is 1.68 bits per heavy atom. The Balaban J connectivity index is 1.86. The molecule has 1 N–H and O–H groups in total. The molecule has 2 heterocycles. The molecule has 1 aromatic rings. The van der Waals surface area contributed by atoms with Gasteiger partial charge in [0.25, 0.3) is 0 Å². The maximum absolute atomic E-state index is 12.1. The molecule has 1 aliphatic rings. The van der Waals surface area contributed by atoms with Gasteiger partial charge in [-0.15, -0.1) is 0 Å². The average Bonchev–Trinajstić information content (AvgIpc) is 2.84. The van der Waals surface area contributed by atoms with Crippen molar-refractivity contribution >= 4 is 11.6 Å². The monoisotopic (exact) mass is 267 g/mol. The summed E-state index contributed by atoms with van der Waals surface area (Å²) in [6.07, 6.45) is 5.21. The van der Waals surface area contributed by atoms with Gasteiger partial charge in [0.1, 0.15) is 0 Å². The number of carbonyl (C=O) groups is 1. The highest BCUT2D eigenvalue weighted by molar-refractivity contribution is 5.92. The van der Waals surface area contributed by atoms with E-state index >= 15 is 0 Å². The standard InChI is InChI=1S/C13H21N3O3/c1-10-7-11(3-5-19-10)13(17)15-12-8-14-16(9-12)4-6-18-2/h8-11H,3-7H2,1-2H3,(H,15,17). The van der Waals surface area contributed by atoms with E-state index in [9.17, 15) is 4.79 Å². The summed E-state index contributed by atoms with van der Waals surface area (Å²) >= 11 is 0. The predicted molar refractivity (Wildman–Crippen MR) is 70.9 cm³/mol. The van der Waals surface area contributed by atoms with E-state index in [4.69, 9.17) is 9.47 Å². The fourth-order valence-corrected chi connectivity index (χ4v) is 2.22. The van der Waals surface area contributed by atoms with Crippen molar-refractivity contribution in [3.63, 3.8) is 0 Å². The van der Waals surface area contributed by atoms with E-state index in [0.717, 1.165) is 18.5 Å². The third-order valence-corrected chi connectivity index (χ3v) is 3.28. The smallest absolute Gasteiger partial charge is 0.227 e. The van der Waals surface area contributed by atoms with E-state index < -0.39 is 0 Å². The predicted octanol–water partition coefficient (Wildman–Crippen LogP) is 1.28. The van der Waals surface area contributed by atoms with Gasteiger partial charge in [-0.1, -0.05) is 0 Å². The van der Waals surface area contributed by atoms with Crippen molar-refractivity contribution in [3.8, 4) is 0 Å². The molecule has 1 saturated heterocycles. The number of anilines is 1. The Labute approximate surface area is 113 Å². The Bertz CT molecular complexity index is 419.